The lowest BCUT2D eigenvalue weighted by atomic mass is 9.96. The monoisotopic (exact) mass is 216 g/mol. The summed E-state index contributed by atoms with van der Waals surface area (Å²) in [5, 5.41) is 9.54. The molecule has 1 rings (SSSR count). The Morgan fingerprint density at radius 3 is 2.87 bits per heavy atom. The fourth-order valence-corrected chi connectivity index (χ4v) is 1.83. The maximum atomic E-state index is 11.9. The number of carbonyl (C=O) groups is 1. The van der Waals surface area contributed by atoms with Crippen LogP contribution in [0, 0.1) is 5.92 Å². The molecular formula is C10H20N2O3. The summed E-state index contributed by atoms with van der Waals surface area (Å²) < 4.78 is 5.00. The van der Waals surface area contributed by atoms with Gasteiger partial charge in [0.1, 0.15) is 6.10 Å². The van der Waals surface area contributed by atoms with Crippen molar-refractivity contribution >= 4 is 5.91 Å². The molecular weight excluding hydrogens is 196 g/mol. The summed E-state index contributed by atoms with van der Waals surface area (Å²) in [6, 6.07) is 0. The van der Waals surface area contributed by atoms with Crippen LogP contribution in [0.5, 0.6) is 0 Å². The SMILES string of the molecule is COC(CN)C(=O)N1CCC(O)C(C)C1. The minimum atomic E-state index is -0.549. The van der Waals surface area contributed by atoms with Crippen LogP contribution in [0.4, 0.5) is 0 Å². The molecule has 1 fully saturated rings. The van der Waals surface area contributed by atoms with Crippen LogP contribution in [0.15, 0.2) is 0 Å². The number of methoxy groups -OCH3 is 1. The molecule has 0 radical (unpaired) electrons. The van der Waals surface area contributed by atoms with E-state index in [-0.39, 0.29) is 24.5 Å². The van der Waals surface area contributed by atoms with Gasteiger partial charge in [-0.1, -0.05) is 6.92 Å². The second kappa shape index (κ2) is 5.44. The lowest BCUT2D eigenvalue weighted by Crippen LogP contribution is -2.50. The number of nitrogens with two attached hydrogens (primary N) is 1. The average molecular weight is 216 g/mol. The van der Waals surface area contributed by atoms with Crippen molar-refractivity contribution in [3.05, 3.63) is 0 Å². The first kappa shape index (κ1) is 12.4. The molecule has 1 aliphatic rings. The number of ether oxygens (including phenoxy) is 1. The van der Waals surface area contributed by atoms with E-state index < -0.39 is 6.10 Å². The van der Waals surface area contributed by atoms with Crippen LogP contribution in [-0.2, 0) is 9.53 Å². The molecule has 0 spiro atoms. The molecule has 0 bridgehead atoms. The molecule has 0 saturated carbocycles. The van der Waals surface area contributed by atoms with Crippen molar-refractivity contribution in [1.82, 2.24) is 4.90 Å². The van der Waals surface area contributed by atoms with E-state index in [0.717, 1.165) is 0 Å². The highest BCUT2D eigenvalue weighted by Gasteiger charge is 2.30. The van der Waals surface area contributed by atoms with Gasteiger partial charge >= 0.3 is 0 Å². The molecule has 0 aliphatic carbocycles. The number of carbonyl (C=O) groups excluding carboxylic acids is 1. The van der Waals surface area contributed by atoms with E-state index in [1.807, 2.05) is 6.92 Å². The molecule has 1 amide bonds. The lowest BCUT2D eigenvalue weighted by Gasteiger charge is -2.35. The average Bonchev–Trinajstić information content (AvgIpc) is 2.23. The maximum absolute atomic E-state index is 11.9. The van der Waals surface area contributed by atoms with Crippen LogP contribution in [0.25, 0.3) is 0 Å². The standard InChI is InChI=1S/C10H20N2O3/c1-7-6-12(4-3-8(7)13)10(14)9(5-11)15-2/h7-9,13H,3-6,11H2,1-2H3. The summed E-state index contributed by atoms with van der Waals surface area (Å²) in [6.45, 7) is 3.31. The molecule has 0 aromatic carbocycles. The predicted molar refractivity (Wildman–Crippen MR) is 56.2 cm³/mol. The van der Waals surface area contributed by atoms with Gasteiger partial charge in [-0.2, -0.15) is 0 Å². The number of hydrogen-bond acceptors (Lipinski definition) is 4. The Morgan fingerprint density at radius 2 is 2.40 bits per heavy atom. The molecule has 3 N–H and O–H groups in total. The first-order chi connectivity index (χ1) is 7.10. The number of likely N-dealkylation sites (tertiary alicyclic amines) is 1. The van der Waals surface area contributed by atoms with Crippen LogP contribution in [0.3, 0.4) is 0 Å². The van der Waals surface area contributed by atoms with E-state index in [1.165, 1.54) is 7.11 Å². The molecule has 15 heavy (non-hydrogen) atoms. The quantitative estimate of drug-likeness (QED) is 0.647. The fraction of sp³-hybridized carbons (Fsp3) is 0.900. The minimum absolute atomic E-state index is 0.0706. The highest BCUT2D eigenvalue weighted by molar-refractivity contribution is 5.81. The van der Waals surface area contributed by atoms with Crippen LogP contribution in [0.1, 0.15) is 13.3 Å². The number of amides is 1. The zero-order valence-corrected chi connectivity index (χ0v) is 9.35. The first-order valence-electron chi connectivity index (χ1n) is 5.29. The zero-order chi connectivity index (χ0) is 11.4. The predicted octanol–water partition coefficient (Wildman–Crippen LogP) is -0.811. The van der Waals surface area contributed by atoms with Gasteiger partial charge in [0, 0.05) is 26.7 Å². The van der Waals surface area contributed by atoms with E-state index in [2.05, 4.69) is 0 Å². The topological polar surface area (TPSA) is 75.8 Å². The fourth-order valence-electron chi connectivity index (χ4n) is 1.83. The second-order valence-corrected chi connectivity index (χ2v) is 4.08. The van der Waals surface area contributed by atoms with Gasteiger partial charge in [-0.3, -0.25) is 4.79 Å². The summed E-state index contributed by atoms with van der Waals surface area (Å²) in [7, 11) is 1.48. The Morgan fingerprint density at radius 1 is 1.73 bits per heavy atom. The van der Waals surface area contributed by atoms with Gasteiger partial charge in [0.2, 0.25) is 0 Å². The maximum Gasteiger partial charge on any atom is 0.253 e. The van der Waals surface area contributed by atoms with E-state index >= 15 is 0 Å². The highest BCUT2D eigenvalue weighted by Crippen LogP contribution is 2.17. The van der Waals surface area contributed by atoms with Crippen LogP contribution in [-0.4, -0.2) is 54.9 Å². The third kappa shape index (κ3) is 2.90. The number of nitrogens with zero attached hydrogens (tertiary/aromatic N) is 1. The lowest BCUT2D eigenvalue weighted by molar-refractivity contribution is -0.144. The summed E-state index contributed by atoms with van der Waals surface area (Å²) in [5.74, 6) is 0.0525. The summed E-state index contributed by atoms with van der Waals surface area (Å²) >= 11 is 0. The molecule has 3 atom stereocenters. The Labute approximate surface area is 90.2 Å². The highest BCUT2D eigenvalue weighted by atomic mass is 16.5. The number of hydrogen-bond donors (Lipinski definition) is 2. The van der Waals surface area contributed by atoms with Gasteiger partial charge < -0.3 is 20.5 Å². The van der Waals surface area contributed by atoms with Crippen molar-refractivity contribution in [2.75, 3.05) is 26.7 Å². The van der Waals surface area contributed by atoms with Crippen molar-refractivity contribution in [3.8, 4) is 0 Å². The van der Waals surface area contributed by atoms with Crippen LogP contribution in [0.2, 0.25) is 0 Å². The Bertz CT molecular complexity index is 219. The van der Waals surface area contributed by atoms with Crippen molar-refractivity contribution in [1.29, 1.82) is 0 Å². The van der Waals surface area contributed by atoms with E-state index in [9.17, 15) is 9.90 Å². The number of aliphatic hydroxyl groups is 1. The van der Waals surface area contributed by atoms with Crippen LogP contribution >= 0.6 is 0 Å². The van der Waals surface area contributed by atoms with Gasteiger partial charge in [0.25, 0.3) is 5.91 Å². The van der Waals surface area contributed by atoms with Gasteiger partial charge in [-0.25, -0.2) is 0 Å². The van der Waals surface area contributed by atoms with E-state index in [1.54, 1.807) is 4.90 Å². The zero-order valence-electron chi connectivity index (χ0n) is 9.35. The number of piperidine rings is 1. The molecule has 0 aromatic heterocycles. The van der Waals surface area contributed by atoms with Gasteiger partial charge in [-0.05, 0) is 12.3 Å². The normalized spacial score (nSPS) is 28.9. The second-order valence-electron chi connectivity index (χ2n) is 4.08. The summed E-state index contributed by atoms with van der Waals surface area (Å²) in [5.41, 5.74) is 5.43. The van der Waals surface area contributed by atoms with E-state index in [0.29, 0.717) is 19.5 Å². The molecule has 5 heteroatoms. The minimum Gasteiger partial charge on any atom is -0.393 e. The Balaban J connectivity index is 2.53. The third-order valence-corrected chi connectivity index (χ3v) is 2.95. The van der Waals surface area contributed by atoms with Gasteiger partial charge in [-0.15, -0.1) is 0 Å². The molecule has 1 heterocycles. The largest absolute Gasteiger partial charge is 0.393 e. The van der Waals surface area contributed by atoms with E-state index in [4.69, 9.17) is 10.5 Å². The molecule has 88 valence electrons. The Kier molecular flexibility index (Phi) is 4.50. The Hall–Kier alpha value is -0.650. The van der Waals surface area contributed by atoms with Crippen molar-refractivity contribution in [2.45, 2.75) is 25.6 Å². The first-order valence-corrected chi connectivity index (χ1v) is 5.29. The van der Waals surface area contributed by atoms with Crippen LogP contribution < -0.4 is 5.73 Å². The van der Waals surface area contributed by atoms with Gasteiger partial charge in [0.05, 0.1) is 6.10 Å². The smallest absolute Gasteiger partial charge is 0.253 e. The number of rotatable bonds is 3. The molecule has 5 nitrogen and oxygen atoms in total. The van der Waals surface area contributed by atoms with Gasteiger partial charge in [0.15, 0.2) is 0 Å². The summed E-state index contributed by atoms with van der Waals surface area (Å²) in [6.07, 6.45) is -0.214. The third-order valence-electron chi connectivity index (χ3n) is 2.95. The van der Waals surface area contributed by atoms with Crippen molar-refractivity contribution < 1.29 is 14.6 Å². The van der Waals surface area contributed by atoms with Crippen molar-refractivity contribution in [2.24, 2.45) is 11.7 Å². The van der Waals surface area contributed by atoms with Crippen molar-refractivity contribution in [3.63, 3.8) is 0 Å². The summed E-state index contributed by atoms with van der Waals surface area (Å²) in [4.78, 5) is 13.6. The molecule has 3 unspecified atom stereocenters. The number of aliphatic hydroxyl groups excluding tert-OH is 1. The molecule has 1 aliphatic heterocycles. The molecule has 1 saturated heterocycles. The molecule has 0 aromatic rings.